The van der Waals surface area contributed by atoms with Gasteiger partial charge >= 0.3 is 5.97 Å². The number of aliphatic carboxylic acids is 1. The summed E-state index contributed by atoms with van der Waals surface area (Å²) < 4.78 is 13.4. The Morgan fingerprint density at radius 2 is 2.22 bits per heavy atom. The molecule has 98 valence electrons. The maximum absolute atomic E-state index is 13.0. The van der Waals surface area contributed by atoms with Gasteiger partial charge in [-0.1, -0.05) is 22.0 Å². The molecule has 1 amide bonds. The van der Waals surface area contributed by atoms with Gasteiger partial charge in [0, 0.05) is 16.6 Å². The van der Waals surface area contributed by atoms with E-state index in [0.29, 0.717) is 16.4 Å². The maximum Gasteiger partial charge on any atom is 0.334 e. The number of hydrogen-bond acceptors (Lipinski definition) is 2. The van der Waals surface area contributed by atoms with Gasteiger partial charge in [0.2, 0.25) is 6.41 Å². The minimum atomic E-state index is -1.54. The lowest BCUT2D eigenvalue weighted by molar-refractivity contribution is -0.154. The molecule has 0 fully saturated rings. The summed E-state index contributed by atoms with van der Waals surface area (Å²) in [5, 5.41) is 9.40. The van der Waals surface area contributed by atoms with Crippen molar-refractivity contribution in [2.75, 3.05) is 6.54 Å². The summed E-state index contributed by atoms with van der Waals surface area (Å²) >= 11 is 3.13. The Bertz CT molecular complexity index is 480. The van der Waals surface area contributed by atoms with Crippen LogP contribution in [-0.4, -0.2) is 28.9 Å². The smallest absolute Gasteiger partial charge is 0.334 e. The van der Waals surface area contributed by atoms with E-state index in [1.807, 2.05) is 0 Å². The molecule has 6 heteroatoms. The Labute approximate surface area is 113 Å². The van der Waals surface area contributed by atoms with Crippen molar-refractivity contribution in [2.45, 2.75) is 19.4 Å². The molecule has 0 spiro atoms. The second-order valence-electron chi connectivity index (χ2n) is 3.89. The summed E-state index contributed by atoms with van der Waals surface area (Å²) in [7, 11) is 0. The standard InChI is InChI=1S/C12H13BrFNO3/c1-3-15(7-16)12(2,11(17)18)9-5-4-8(14)6-10(9)13/h4-7H,3H2,1-2H3,(H,17,18). The van der Waals surface area contributed by atoms with Crippen LogP contribution in [0.3, 0.4) is 0 Å². The summed E-state index contributed by atoms with van der Waals surface area (Å²) in [6.45, 7) is 3.31. The summed E-state index contributed by atoms with van der Waals surface area (Å²) in [6, 6.07) is 3.70. The molecule has 1 N–H and O–H groups in total. The van der Waals surface area contributed by atoms with Gasteiger partial charge < -0.3 is 10.0 Å². The number of amides is 1. The number of likely N-dealkylation sites (N-methyl/N-ethyl adjacent to an activating group) is 1. The predicted molar refractivity (Wildman–Crippen MR) is 67.5 cm³/mol. The third-order valence-electron chi connectivity index (χ3n) is 2.91. The number of carboxylic acids is 1. The van der Waals surface area contributed by atoms with Crippen LogP contribution in [0, 0.1) is 5.82 Å². The highest BCUT2D eigenvalue weighted by Gasteiger charge is 2.41. The molecule has 1 rings (SSSR count). The van der Waals surface area contributed by atoms with Gasteiger partial charge in [0.1, 0.15) is 5.82 Å². The second kappa shape index (κ2) is 5.48. The van der Waals surface area contributed by atoms with Gasteiger partial charge in [0.05, 0.1) is 0 Å². The van der Waals surface area contributed by atoms with Crippen molar-refractivity contribution in [2.24, 2.45) is 0 Å². The number of carbonyl (C=O) groups is 2. The van der Waals surface area contributed by atoms with Crippen LogP contribution >= 0.6 is 15.9 Å². The van der Waals surface area contributed by atoms with Crippen molar-refractivity contribution in [3.8, 4) is 0 Å². The largest absolute Gasteiger partial charge is 0.479 e. The van der Waals surface area contributed by atoms with Gasteiger partial charge in [0.25, 0.3) is 0 Å². The molecule has 1 aromatic rings. The van der Waals surface area contributed by atoms with Gasteiger partial charge in [-0.3, -0.25) is 4.79 Å². The van der Waals surface area contributed by atoms with Crippen LogP contribution in [0.1, 0.15) is 19.4 Å². The zero-order valence-electron chi connectivity index (χ0n) is 9.98. The van der Waals surface area contributed by atoms with Crippen molar-refractivity contribution >= 4 is 28.3 Å². The van der Waals surface area contributed by atoms with E-state index in [-0.39, 0.29) is 6.54 Å². The number of benzene rings is 1. The molecule has 18 heavy (non-hydrogen) atoms. The third-order valence-corrected chi connectivity index (χ3v) is 3.57. The minimum absolute atomic E-state index is 0.232. The van der Waals surface area contributed by atoms with Crippen LogP contribution in [0.5, 0.6) is 0 Å². The number of rotatable bonds is 5. The van der Waals surface area contributed by atoms with Crippen LogP contribution in [0.2, 0.25) is 0 Å². The fourth-order valence-corrected chi connectivity index (χ4v) is 2.51. The molecule has 1 atom stereocenters. The molecule has 0 saturated heterocycles. The normalized spacial score (nSPS) is 13.8. The predicted octanol–water partition coefficient (Wildman–Crippen LogP) is 2.37. The zero-order chi connectivity index (χ0) is 13.9. The fraction of sp³-hybridized carbons (Fsp3) is 0.333. The Morgan fingerprint density at radius 3 is 2.61 bits per heavy atom. The molecule has 0 radical (unpaired) electrons. The number of nitrogens with zero attached hydrogens (tertiary/aromatic N) is 1. The average molecular weight is 318 g/mol. The van der Waals surface area contributed by atoms with E-state index in [1.165, 1.54) is 25.1 Å². The fourth-order valence-electron chi connectivity index (χ4n) is 1.77. The van der Waals surface area contributed by atoms with Crippen molar-refractivity contribution in [3.05, 3.63) is 34.1 Å². The number of hydrogen-bond donors (Lipinski definition) is 1. The zero-order valence-corrected chi connectivity index (χ0v) is 11.6. The van der Waals surface area contributed by atoms with Crippen LogP contribution in [0.4, 0.5) is 4.39 Å². The minimum Gasteiger partial charge on any atom is -0.479 e. The van der Waals surface area contributed by atoms with Crippen molar-refractivity contribution in [1.82, 2.24) is 4.90 Å². The quantitative estimate of drug-likeness (QED) is 0.848. The van der Waals surface area contributed by atoms with E-state index in [9.17, 15) is 19.1 Å². The van der Waals surface area contributed by atoms with Gasteiger partial charge in [-0.15, -0.1) is 0 Å². The summed E-state index contributed by atoms with van der Waals surface area (Å²) in [4.78, 5) is 23.7. The van der Waals surface area contributed by atoms with Crippen LogP contribution in [0.15, 0.2) is 22.7 Å². The molecule has 1 unspecified atom stereocenters. The Kier molecular flexibility index (Phi) is 4.45. The van der Waals surface area contributed by atoms with E-state index in [2.05, 4.69) is 15.9 Å². The van der Waals surface area contributed by atoms with Crippen molar-refractivity contribution in [1.29, 1.82) is 0 Å². The number of halogens is 2. The third kappa shape index (κ3) is 2.38. The van der Waals surface area contributed by atoms with E-state index in [0.717, 1.165) is 4.90 Å². The first-order valence-corrected chi connectivity index (χ1v) is 6.08. The van der Waals surface area contributed by atoms with E-state index < -0.39 is 17.3 Å². The topological polar surface area (TPSA) is 57.6 Å². The molecule has 0 bridgehead atoms. The summed E-state index contributed by atoms with van der Waals surface area (Å²) in [6.07, 6.45) is 0.476. The first-order chi connectivity index (χ1) is 8.37. The molecule has 0 saturated carbocycles. The van der Waals surface area contributed by atoms with Crippen LogP contribution < -0.4 is 0 Å². The second-order valence-corrected chi connectivity index (χ2v) is 4.75. The lowest BCUT2D eigenvalue weighted by Crippen LogP contribution is -2.49. The highest BCUT2D eigenvalue weighted by molar-refractivity contribution is 9.10. The molecule has 1 aromatic carbocycles. The van der Waals surface area contributed by atoms with Crippen molar-refractivity contribution < 1.29 is 19.1 Å². The first-order valence-electron chi connectivity index (χ1n) is 5.28. The molecule has 0 heterocycles. The summed E-state index contributed by atoms with van der Waals surface area (Å²) in [5.74, 6) is -1.66. The lowest BCUT2D eigenvalue weighted by atomic mass is 9.90. The molecule has 0 aliphatic carbocycles. The Balaban J connectivity index is 3.44. The molecular weight excluding hydrogens is 305 g/mol. The van der Waals surface area contributed by atoms with E-state index in [1.54, 1.807) is 6.92 Å². The highest BCUT2D eigenvalue weighted by Crippen LogP contribution is 2.33. The van der Waals surface area contributed by atoms with Gasteiger partial charge in [-0.05, 0) is 26.0 Å². The summed E-state index contributed by atoms with van der Waals surface area (Å²) in [5.41, 5.74) is -1.21. The number of carboxylic acid groups (broad SMARTS) is 1. The first kappa shape index (κ1) is 14.6. The number of carbonyl (C=O) groups excluding carboxylic acids is 1. The maximum atomic E-state index is 13.0. The van der Waals surface area contributed by atoms with E-state index >= 15 is 0 Å². The SMILES string of the molecule is CCN(C=O)C(C)(C(=O)O)c1ccc(F)cc1Br. The Hall–Kier alpha value is -1.43. The molecule has 4 nitrogen and oxygen atoms in total. The van der Waals surface area contributed by atoms with Crippen molar-refractivity contribution in [3.63, 3.8) is 0 Å². The molecule has 0 aliphatic rings. The van der Waals surface area contributed by atoms with Gasteiger partial charge in [0.15, 0.2) is 5.54 Å². The lowest BCUT2D eigenvalue weighted by Gasteiger charge is -2.35. The molecule has 0 aliphatic heterocycles. The monoisotopic (exact) mass is 317 g/mol. The van der Waals surface area contributed by atoms with Gasteiger partial charge in [-0.25, -0.2) is 9.18 Å². The van der Waals surface area contributed by atoms with Crippen LogP contribution in [0.25, 0.3) is 0 Å². The highest BCUT2D eigenvalue weighted by atomic mass is 79.9. The van der Waals surface area contributed by atoms with Gasteiger partial charge in [-0.2, -0.15) is 0 Å². The molecular formula is C12H13BrFNO3. The molecule has 0 aromatic heterocycles. The Morgan fingerprint density at radius 1 is 1.61 bits per heavy atom. The van der Waals surface area contributed by atoms with Crippen LogP contribution in [-0.2, 0) is 15.1 Å². The van der Waals surface area contributed by atoms with E-state index in [4.69, 9.17) is 0 Å². The average Bonchev–Trinajstić information content (AvgIpc) is 2.29.